The largest absolute Gasteiger partial charge is 0.481 e. The van der Waals surface area contributed by atoms with Crippen LogP contribution in [-0.2, 0) is 6.54 Å². The Morgan fingerprint density at radius 2 is 2.09 bits per heavy atom. The Balaban J connectivity index is 1.94. The van der Waals surface area contributed by atoms with Gasteiger partial charge in [0.15, 0.2) is 5.96 Å². The Bertz CT molecular complexity index is 481. The van der Waals surface area contributed by atoms with Crippen LogP contribution < -0.4 is 15.4 Å². The fraction of sp³-hybridized carbons (Fsp3) is 0.647. The first kappa shape index (κ1) is 16.6. The summed E-state index contributed by atoms with van der Waals surface area (Å²) >= 11 is 0. The minimum absolute atomic E-state index is 0.535. The van der Waals surface area contributed by atoms with Gasteiger partial charge in [0.1, 0.15) is 0 Å². The highest BCUT2D eigenvalue weighted by Crippen LogP contribution is 2.23. The molecule has 0 aromatic carbocycles. The van der Waals surface area contributed by atoms with Gasteiger partial charge in [-0.3, -0.25) is 0 Å². The Morgan fingerprint density at radius 3 is 2.77 bits per heavy atom. The maximum absolute atomic E-state index is 5.15. The summed E-state index contributed by atoms with van der Waals surface area (Å²) in [5.41, 5.74) is 0.911. The minimum atomic E-state index is 0.535. The molecule has 1 fully saturated rings. The Morgan fingerprint density at radius 1 is 1.32 bits per heavy atom. The molecule has 0 spiro atoms. The molecular formula is C17H28N4O. The summed E-state index contributed by atoms with van der Waals surface area (Å²) in [6.07, 6.45) is 5.05. The molecule has 22 heavy (non-hydrogen) atoms. The van der Waals surface area contributed by atoms with Crippen molar-refractivity contribution >= 4 is 5.96 Å². The standard InChI is InChI=1S/C17H28N4O/c1-4-18-17(21-14-10-8-13(2)9-11-14)19-12-15-6-5-7-16(20-15)22-3/h5-7,13-14H,4,8-12H2,1-3H3,(H2,18,19,21). The average molecular weight is 304 g/mol. The number of pyridine rings is 1. The van der Waals surface area contributed by atoms with E-state index in [1.807, 2.05) is 18.2 Å². The van der Waals surface area contributed by atoms with Crippen LogP contribution in [-0.4, -0.2) is 30.6 Å². The van der Waals surface area contributed by atoms with E-state index in [9.17, 15) is 0 Å². The molecule has 5 heteroatoms. The van der Waals surface area contributed by atoms with Gasteiger partial charge in [-0.15, -0.1) is 0 Å². The lowest BCUT2D eigenvalue weighted by molar-refractivity contribution is 0.329. The summed E-state index contributed by atoms with van der Waals surface area (Å²) in [6.45, 7) is 5.84. The van der Waals surface area contributed by atoms with E-state index in [1.54, 1.807) is 7.11 Å². The SMILES string of the molecule is CCNC(=NCc1cccc(OC)n1)NC1CCC(C)CC1. The number of nitrogens with zero attached hydrogens (tertiary/aromatic N) is 2. The monoisotopic (exact) mass is 304 g/mol. The first-order chi connectivity index (χ1) is 10.7. The molecule has 0 saturated heterocycles. The van der Waals surface area contributed by atoms with Gasteiger partial charge >= 0.3 is 0 Å². The van der Waals surface area contributed by atoms with Gasteiger partial charge in [-0.1, -0.05) is 13.0 Å². The van der Waals surface area contributed by atoms with Crippen LogP contribution in [0.2, 0.25) is 0 Å². The van der Waals surface area contributed by atoms with Crippen molar-refractivity contribution in [1.29, 1.82) is 0 Å². The zero-order valence-electron chi connectivity index (χ0n) is 13.9. The van der Waals surface area contributed by atoms with Crippen molar-refractivity contribution in [3.63, 3.8) is 0 Å². The number of guanidine groups is 1. The molecule has 1 heterocycles. The predicted octanol–water partition coefficient (Wildman–Crippen LogP) is 2.72. The number of nitrogens with one attached hydrogen (secondary N) is 2. The smallest absolute Gasteiger partial charge is 0.213 e. The van der Waals surface area contributed by atoms with Gasteiger partial charge in [0.25, 0.3) is 0 Å². The van der Waals surface area contributed by atoms with Gasteiger partial charge in [0.05, 0.1) is 19.3 Å². The Labute approximate surface area is 133 Å². The highest BCUT2D eigenvalue weighted by Gasteiger charge is 2.18. The molecule has 2 rings (SSSR count). The molecule has 0 bridgehead atoms. The molecule has 1 aromatic rings. The van der Waals surface area contributed by atoms with E-state index in [-0.39, 0.29) is 0 Å². The Hall–Kier alpha value is -1.78. The summed E-state index contributed by atoms with van der Waals surface area (Å²) in [5.74, 6) is 2.37. The van der Waals surface area contributed by atoms with Gasteiger partial charge < -0.3 is 15.4 Å². The van der Waals surface area contributed by atoms with Crippen molar-refractivity contribution in [1.82, 2.24) is 15.6 Å². The summed E-state index contributed by atoms with van der Waals surface area (Å²) in [6, 6.07) is 6.30. The normalized spacial score (nSPS) is 22.2. The zero-order valence-corrected chi connectivity index (χ0v) is 13.9. The van der Waals surface area contributed by atoms with Crippen LogP contribution in [0.15, 0.2) is 23.2 Å². The van der Waals surface area contributed by atoms with Gasteiger partial charge in [-0.2, -0.15) is 0 Å². The third-order valence-corrected chi connectivity index (χ3v) is 4.09. The third-order valence-electron chi connectivity index (χ3n) is 4.09. The molecule has 5 nitrogen and oxygen atoms in total. The number of aliphatic imine (C=N–C) groups is 1. The number of methoxy groups -OCH3 is 1. The lowest BCUT2D eigenvalue weighted by Crippen LogP contribution is -2.44. The van der Waals surface area contributed by atoms with Crippen molar-refractivity contribution in [2.24, 2.45) is 10.9 Å². The van der Waals surface area contributed by atoms with Crippen molar-refractivity contribution in [3.05, 3.63) is 23.9 Å². The number of hydrogen-bond donors (Lipinski definition) is 2. The van der Waals surface area contributed by atoms with E-state index in [4.69, 9.17) is 4.74 Å². The van der Waals surface area contributed by atoms with E-state index < -0.39 is 0 Å². The molecule has 1 saturated carbocycles. The van der Waals surface area contributed by atoms with Crippen LogP contribution in [0.25, 0.3) is 0 Å². The van der Waals surface area contributed by atoms with Crippen molar-refractivity contribution < 1.29 is 4.74 Å². The summed E-state index contributed by atoms with van der Waals surface area (Å²) in [7, 11) is 1.63. The van der Waals surface area contributed by atoms with Crippen LogP contribution in [0.1, 0.15) is 45.2 Å². The second-order valence-electron chi connectivity index (χ2n) is 5.97. The molecule has 0 radical (unpaired) electrons. The molecule has 2 N–H and O–H groups in total. The van der Waals surface area contributed by atoms with Crippen LogP contribution in [0.4, 0.5) is 0 Å². The second kappa shape index (κ2) is 8.61. The molecule has 0 atom stereocenters. The van der Waals surface area contributed by atoms with Crippen molar-refractivity contribution in [2.75, 3.05) is 13.7 Å². The lowest BCUT2D eigenvalue weighted by atomic mass is 9.87. The minimum Gasteiger partial charge on any atom is -0.481 e. The highest BCUT2D eigenvalue weighted by atomic mass is 16.5. The Kier molecular flexibility index (Phi) is 6.49. The van der Waals surface area contributed by atoms with Gasteiger partial charge in [0, 0.05) is 18.7 Å². The van der Waals surface area contributed by atoms with Gasteiger partial charge in [-0.05, 0) is 44.6 Å². The first-order valence-corrected chi connectivity index (χ1v) is 8.26. The predicted molar refractivity (Wildman–Crippen MR) is 90.2 cm³/mol. The summed E-state index contributed by atoms with van der Waals surface area (Å²) in [4.78, 5) is 9.04. The summed E-state index contributed by atoms with van der Waals surface area (Å²) < 4.78 is 5.15. The lowest BCUT2D eigenvalue weighted by Gasteiger charge is -2.28. The van der Waals surface area contributed by atoms with Crippen LogP contribution >= 0.6 is 0 Å². The van der Waals surface area contributed by atoms with Crippen molar-refractivity contribution in [2.45, 2.75) is 52.1 Å². The van der Waals surface area contributed by atoms with Gasteiger partial charge in [-0.25, -0.2) is 9.98 Å². The zero-order chi connectivity index (χ0) is 15.8. The highest BCUT2D eigenvalue weighted by molar-refractivity contribution is 5.80. The van der Waals surface area contributed by atoms with E-state index >= 15 is 0 Å². The van der Waals surface area contributed by atoms with Crippen molar-refractivity contribution in [3.8, 4) is 5.88 Å². The molecule has 1 aliphatic carbocycles. The molecule has 0 unspecified atom stereocenters. The van der Waals surface area contributed by atoms with Crippen LogP contribution in [0, 0.1) is 5.92 Å². The molecule has 1 aliphatic rings. The molecule has 0 amide bonds. The third kappa shape index (κ3) is 5.20. The second-order valence-corrected chi connectivity index (χ2v) is 5.97. The topological polar surface area (TPSA) is 58.5 Å². The van der Waals surface area contributed by atoms with Crippen LogP contribution in [0.5, 0.6) is 5.88 Å². The van der Waals surface area contributed by atoms with E-state index in [0.29, 0.717) is 18.5 Å². The van der Waals surface area contributed by atoms with E-state index in [2.05, 4.69) is 34.5 Å². The fourth-order valence-corrected chi connectivity index (χ4v) is 2.74. The molecule has 122 valence electrons. The fourth-order valence-electron chi connectivity index (χ4n) is 2.74. The van der Waals surface area contributed by atoms with E-state index in [0.717, 1.165) is 24.1 Å². The van der Waals surface area contributed by atoms with E-state index in [1.165, 1.54) is 25.7 Å². The number of rotatable bonds is 5. The molecular weight excluding hydrogens is 276 g/mol. The quantitative estimate of drug-likeness (QED) is 0.649. The van der Waals surface area contributed by atoms with Crippen LogP contribution in [0.3, 0.4) is 0 Å². The molecule has 1 aromatic heterocycles. The maximum atomic E-state index is 5.15. The number of ether oxygens (including phenoxy) is 1. The molecule has 0 aliphatic heterocycles. The first-order valence-electron chi connectivity index (χ1n) is 8.26. The average Bonchev–Trinajstić information content (AvgIpc) is 2.55. The maximum Gasteiger partial charge on any atom is 0.213 e. The number of hydrogen-bond acceptors (Lipinski definition) is 3. The summed E-state index contributed by atoms with van der Waals surface area (Å²) in [5, 5.41) is 6.88. The van der Waals surface area contributed by atoms with Gasteiger partial charge in [0.2, 0.25) is 5.88 Å². The number of aromatic nitrogens is 1.